The van der Waals surface area contributed by atoms with E-state index in [1.807, 2.05) is 63.2 Å². The minimum absolute atomic E-state index is 0.0287. The molecule has 0 spiro atoms. The number of rotatable bonds is 9. The highest BCUT2D eigenvalue weighted by Crippen LogP contribution is 2.35. The van der Waals surface area contributed by atoms with Crippen molar-refractivity contribution in [2.24, 2.45) is 0 Å². The fourth-order valence-corrected chi connectivity index (χ4v) is 6.59. The zero-order valence-electron chi connectivity index (χ0n) is 25.2. The number of benzene rings is 2. The Morgan fingerprint density at radius 3 is 2.42 bits per heavy atom. The number of nitrogens with zero attached hydrogens (tertiary/aromatic N) is 2. The van der Waals surface area contributed by atoms with Gasteiger partial charge in [-0.2, -0.15) is 4.37 Å². The number of hydrogen-bond acceptors (Lipinski definition) is 7. The van der Waals surface area contributed by atoms with Gasteiger partial charge in [-0.1, -0.05) is 61.2 Å². The first-order chi connectivity index (χ1) is 20.7. The second-order valence-corrected chi connectivity index (χ2v) is 12.5. The predicted octanol–water partition coefficient (Wildman–Crippen LogP) is 5.40. The van der Waals surface area contributed by atoms with Crippen LogP contribution in [0.25, 0.3) is 0 Å². The lowest BCUT2D eigenvalue weighted by Crippen LogP contribution is -2.46. The van der Waals surface area contributed by atoms with Crippen LogP contribution in [0.3, 0.4) is 0 Å². The predicted molar refractivity (Wildman–Crippen MR) is 169 cm³/mol. The van der Waals surface area contributed by atoms with Crippen molar-refractivity contribution in [1.29, 1.82) is 0 Å². The Morgan fingerprint density at radius 2 is 1.72 bits per heavy atom. The molecule has 4 N–H and O–H groups in total. The van der Waals surface area contributed by atoms with Gasteiger partial charge in [-0.3, -0.25) is 19.3 Å². The molecule has 1 saturated heterocycles. The van der Waals surface area contributed by atoms with E-state index in [0.29, 0.717) is 24.4 Å². The number of ether oxygens (including phenoxy) is 1. The molecular weight excluding hydrogens is 562 g/mol. The molecule has 43 heavy (non-hydrogen) atoms. The average Bonchev–Trinajstić information content (AvgIpc) is 3.67. The number of aromatic nitrogens is 1. The summed E-state index contributed by atoms with van der Waals surface area (Å²) in [6.45, 7) is 6.85. The van der Waals surface area contributed by atoms with Crippen LogP contribution in [0.2, 0.25) is 0 Å². The van der Waals surface area contributed by atoms with Crippen molar-refractivity contribution in [3.63, 3.8) is 0 Å². The molecule has 0 unspecified atom stereocenters. The molecule has 10 heteroatoms. The van der Waals surface area contributed by atoms with E-state index in [1.54, 1.807) is 0 Å². The van der Waals surface area contributed by atoms with Crippen LogP contribution in [0, 0.1) is 20.8 Å². The third-order valence-corrected chi connectivity index (χ3v) is 9.20. The summed E-state index contributed by atoms with van der Waals surface area (Å²) < 4.78 is 10.1. The van der Waals surface area contributed by atoms with Crippen molar-refractivity contribution < 1.29 is 19.1 Å². The molecule has 0 radical (unpaired) electrons. The molecule has 1 saturated carbocycles. The van der Waals surface area contributed by atoms with Crippen molar-refractivity contribution in [2.45, 2.75) is 83.9 Å². The van der Waals surface area contributed by atoms with Crippen LogP contribution in [0.15, 0.2) is 42.5 Å². The van der Waals surface area contributed by atoms with Crippen LogP contribution in [0.1, 0.15) is 93.4 Å². The van der Waals surface area contributed by atoms with Gasteiger partial charge in [0.2, 0.25) is 5.91 Å². The molecule has 0 bridgehead atoms. The maximum Gasteiger partial charge on any atom is 0.273 e. The molecular formula is C33H41N5O4S. The highest BCUT2D eigenvalue weighted by molar-refractivity contribution is 7.09. The van der Waals surface area contributed by atoms with Gasteiger partial charge in [0.1, 0.15) is 10.9 Å². The molecule has 2 aliphatic rings. The van der Waals surface area contributed by atoms with Crippen molar-refractivity contribution in [3.8, 4) is 0 Å². The van der Waals surface area contributed by atoms with E-state index in [0.717, 1.165) is 66.7 Å². The first kappa shape index (κ1) is 30.7. The summed E-state index contributed by atoms with van der Waals surface area (Å²) >= 11 is 0.889. The molecule has 2 aromatic carbocycles. The van der Waals surface area contributed by atoms with Gasteiger partial charge in [0, 0.05) is 24.9 Å². The van der Waals surface area contributed by atoms with Gasteiger partial charge in [-0.05, 0) is 80.7 Å². The summed E-state index contributed by atoms with van der Waals surface area (Å²) in [4.78, 5) is 43.5. The van der Waals surface area contributed by atoms with Crippen LogP contribution in [0.5, 0.6) is 0 Å². The molecule has 1 aromatic heterocycles. The SMILES string of the molecule is Cc1ccc([C@@H](C(=O)NC[C@H]2CCCO2)N(C(=O)c2snc(C(=O)NC3CCCCC3)c2N)c2cc(C)ccc2C)cc1. The van der Waals surface area contributed by atoms with Gasteiger partial charge in [0.15, 0.2) is 5.69 Å². The number of aryl methyl sites for hydroxylation is 3. The first-order valence-electron chi connectivity index (χ1n) is 15.2. The quantitative estimate of drug-likeness (QED) is 0.301. The highest BCUT2D eigenvalue weighted by atomic mass is 32.1. The summed E-state index contributed by atoms with van der Waals surface area (Å²) in [5.41, 5.74) is 10.6. The Kier molecular flexibility index (Phi) is 9.77. The topological polar surface area (TPSA) is 127 Å². The summed E-state index contributed by atoms with van der Waals surface area (Å²) in [7, 11) is 0. The second kappa shape index (κ2) is 13.7. The molecule has 2 atom stereocenters. The number of carbonyl (C=O) groups excluding carboxylic acids is 3. The van der Waals surface area contributed by atoms with E-state index >= 15 is 0 Å². The summed E-state index contributed by atoms with van der Waals surface area (Å²) in [5.74, 6) is -1.19. The molecule has 3 amide bonds. The largest absolute Gasteiger partial charge is 0.395 e. The third kappa shape index (κ3) is 7.08. The lowest BCUT2D eigenvalue weighted by molar-refractivity contribution is -0.123. The Bertz CT molecular complexity index is 1460. The summed E-state index contributed by atoms with van der Waals surface area (Å²) in [6, 6.07) is 12.5. The van der Waals surface area contributed by atoms with Crippen LogP contribution >= 0.6 is 11.5 Å². The van der Waals surface area contributed by atoms with Gasteiger partial charge in [-0.15, -0.1) is 0 Å². The minimum atomic E-state index is -1.00. The fourth-order valence-electron chi connectivity index (χ4n) is 5.85. The van der Waals surface area contributed by atoms with Crippen LogP contribution in [-0.2, 0) is 9.53 Å². The maximum absolute atomic E-state index is 14.6. The average molecular weight is 604 g/mol. The Labute approximate surface area is 257 Å². The van der Waals surface area contributed by atoms with E-state index in [2.05, 4.69) is 15.0 Å². The molecule has 3 aromatic rings. The van der Waals surface area contributed by atoms with E-state index < -0.39 is 11.9 Å². The number of carbonyl (C=O) groups is 3. The van der Waals surface area contributed by atoms with Crippen LogP contribution in [-0.4, -0.2) is 47.4 Å². The minimum Gasteiger partial charge on any atom is -0.395 e. The molecule has 9 nitrogen and oxygen atoms in total. The Hall–Kier alpha value is -3.76. The molecule has 1 aliphatic heterocycles. The van der Waals surface area contributed by atoms with Crippen molar-refractivity contribution >= 4 is 40.6 Å². The number of nitrogen functional groups attached to an aromatic ring is 1. The monoisotopic (exact) mass is 603 g/mol. The zero-order chi connectivity index (χ0) is 30.5. The molecule has 2 fully saturated rings. The van der Waals surface area contributed by atoms with E-state index in [-0.39, 0.29) is 40.2 Å². The summed E-state index contributed by atoms with van der Waals surface area (Å²) in [5, 5.41) is 6.09. The molecule has 1 aliphatic carbocycles. The van der Waals surface area contributed by atoms with Crippen molar-refractivity contribution in [2.75, 3.05) is 23.8 Å². The van der Waals surface area contributed by atoms with E-state index in [4.69, 9.17) is 10.5 Å². The van der Waals surface area contributed by atoms with Crippen LogP contribution < -0.4 is 21.3 Å². The summed E-state index contributed by atoms with van der Waals surface area (Å²) in [6.07, 6.45) is 6.91. The van der Waals surface area contributed by atoms with Gasteiger partial charge in [0.25, 0.3) is 11.8 Å². The first-order valence-corrected chi connectivity index (χ1v) is 15.9. The zero-order valence-corrected chi connectivity index (χ0v) is 26.0. The standard InChI is InChI=1S/C33H41N5O4S/c1-20-12-15-23(16-13-20)29(32(40)35-19-25-10-7-17-42-25)38(26-18-21(2)11-14-22(26)3)33(41)30-27(34)28(37-43-30)31(39)36-24-8-5-4-6-9-24/h11-16,18,24-25,29H,4-10,17,19,34H2,1-3H3,(H,35,40)(H,36,39)/t25-,29+/m1/s1. The molecule has 2 heterocycles. The number of hydrogen-bond donors (Lipinski definition) is 3. The highest BCUT2D eigenvalue weighted by Gasteiger charge is 2.37. The number of nitrogens with one attached hydrogen (secondary N) is 2. The number of nitrogens with two attached hydrogens (primary N) is 1. The molecule has 5 rings (SSSR count). The normalized spacial score (nSPS) is 17.8. The van der Waals surface area contributed by atoms with E-state index in [9.17, 15) is 14.4 Å². The van der Waals surface area contributed by atoms with Gasteiger partial charge in [-0.25, -0.2) is 0 Å². The smallest absolute Gasteiger partial charge is 0.273 e. The third-order valence-electron chi connectivity index (χ3n) is 8.35. The van der Waals surface area contributed by atoms with Gasteiger partial charge < -0.3 is 21.1 Å². The lowest BCUT2D eigenvalue weighted by Gasteiger charge is -2.33. The van der Waals surface area contributed by atoms with E-state index in [1.165, 1.54) is 11.3 Å². The fraction of sp³-hybridized carbons (Fsp3) is 0.455. The van der Waals surface area contributed by atoms with Crippen molar-refractivity contribution in [3.05, 3.63) is 75.3 Å². The maximum atomic E-state index is 14.6. The Morgan fingerprint density at radius 1 is 1.00 bits per heavy atom. The van der Waals surface area contributed by atoms with Crippen molar-refractivity contribution in [1.82, 2.24) is 15.0 Å². The lowest BCUT2D eigenvalue weighted by atomic mass is 9.95. The number of amides is 3. The van der Waals surface area contributed by atoms with Gasteiger partial charge in [0.05, 0.1) is 11.8 Å². The second-order valence-electron chi connectivity index (χ2n) is 11.7. The number of anilines is 2. The van der Waals surface area contributed by atoms with Crippen LogP contribution in [0.4, 0.5) is 11.4 Å². The Balaban J connectivity index is 1.54. The van der Waals surface area contributed by atoms with Gasteiger partial charge >= 0.3 is 0 Å². The molecule has 228 valence electrons.